The van der Waals surface area contributed by atoms with Crippen LogP contribution < -0.4 is 11.1 Å². The number of carbonyl (C=O) groups is 1. The van der Waals surface area contributed by atoms with E-state index >= 15 is 0 Å². The summed E-state index contributed by atoms with van der Waals surface area (Å²) in [6, 6.07) is 8.35. The van der Waals surface area contributed by atoms with Gasteiger partial charge in [0.1, 0.15) is 0 Å². The second kappa shape index (κ2) is 5.85. The normalized spacial score (nSPS) is 21.9. The van der Waals surface area contributed by atoms with Gasteiger partial charge in [0.05, 0.1) is 0 Å². The standard InChI is InChI=1S/C16H22ClN3O/c17-13-4-2-12(3-5-13)16(8-1-9-16)19-14-6-10-20(11-7-14)15(18)21/h2-5,14,19H,1,6-11H2,(H2,18,21). The Morgan fingerprint density at radius 3 is 2.33 bits per heavy atom. The smallest absolute Gasteiger partial charge is 0.314 e. The Balaban J connectivity index is 1.65. The number of hydrogen-bond donors (Lipinski definition) is 2. The third kappa shape index (κ3) is 3.01. The molecule has 21 heavy (non-hydrogen) atoms. The molecule has 0 spiro atoms. The molecule has 0 bridgehead atoms. The van der Waals surface area contributed by atoms with Crippen molar-refractivity contribution >= 4 is 17.6 Å². The monoisotopic (exact) mass is 307 g/mol. The van der Waals surface area contributed by atoms with Gasteiger partial charge in [-0.2, -0.15) is 0 Å². The van der Waals surface area contributed by atoms with E-state index in [2.05, 4.69) is 17.4 Å². The molecule has 1 aromatic carbocycles. The van der Waals surface area contributed by atoms with E-state index in [1.807, 2.05) is 12.1 Å². The highest BCUT2D eigenvalue weighted by Crippen LogP contribution is 2.42. The fourth-order valence-corrected chi connectivity index (χ4v) is 3.58. The number of benzene rings is 1. The minimum Gasteiger partial charge on any atom is -0.351 e. The molecule has 2 fully saturated rings. The fourth-order valence-electron chi connectivity index (χ4n) is 3.45. The zero-order chi connectivity index (χ0) is 14.9. The second-order valence-corrected chi connectivity index (χ2v) is 6.62. The molecular formula is C16H22ClN3O. The van der Waals surface area contributed by atoms with Gasteiger partial charge in [0, 0.05) is 29.7 Å². The van der Waals surface area contributed by atoms with Crippen molar-refractivity contribution < 1.29 is 4.79 Å². The molecule has 0 unspecified atom stereocenters. The van der Waals surface area contributed by atoms with Gasteiger partial charge in [-0.25, -0.2) is 4.79 Å². The topological polar surface area (TPSA) is 58.4 Å². The maximum absolute atomic E-state index is 11.2. The van der Waals surface area contributed by atoms with Crippen molar-refractivity contribution in [3.8, 4) is 0 Å². The van der Waals surface area contributed by atoms with Gasteiger partial charge in [0.2, 0.25) is 0 Å². The summed E-state index contributed by atoms with van der Waals surface area (Å²) in [5.74, 6) is 0. The molecule has 3 N–H and O–H groups in total. The molecule has 2 aliphatic rings. The minimum absolute atomic E-state index is 0.101. The number of primary amides is 1. The Hall–Kier alpha value is -1.26. The molecular weight excluding hydrogens is 286 g/mol. The van der Waals surface area contributed by atoms with Gasteiger partial charge in [-0.05, 0) is 49.8 Å². The first-order chi connectivity index (χ1) is 10.1. The van der Waals surface area contributed by atoms with Crippen LogP contribution in [0.3, 0.4) is 0 Å². The van der Waals surface area contributed by atoms with Crippen molar-refractivity contribution in [1.29, 1.82) is 0 Å². The average Bonchev–Trinajstić information content (AvgIpc) is 2.44. The summed E-state index contributed by atoms with van der Waals surface area (Å²) in [5, 5.41) is 4.62. The highest BCUT2D eigenvalue weighted by Gasteiger charge is 2.40. The van der Waals surface area contributed by atoms with E-state index in [0.717, 1.165) is 31.0 Å². The largest absolute Gasteiger partial charge is 0.351 e. The van der Waals surface area contributed by atoms with E-state index < -0.39 is 0 Å². The predicted octanol–water partition coefficient (Wildman–Crippen LogP) is 2.85. The number of likely N-dealkylation sites (tertiary alicyclic amines) is 1. The van der Waals surface area contributed by atoms with Crippen molar-refractivity contribution in [3.05, 3.63) is 34.9 Å². The summed E-state index contributed by atoms with van der Waals surface area (Å²) in [6.45, 7) is 1.51. The van der Waals surface area contributed by atoms with E-state index in [0.29, 0.717) is 6.04 Å². The number of amides is 2. The van der Waals surface area contributed by atoms with Crippen LogP contribution >= 0.6 is 11.6 Å². The van der Waals surface area contributed by atoms with E-state index in [1.54, 1.807) is 4.90 Å². The Bertz CT molecular complexity index is 505. The summed E-state index contributed by atoms with van der Waals surface area (Å²) in [5.41, 5.74) is 6.77. The molecule has 4 nitrogen and oxygen atoms in total. The maximum Gasteiger partial charge on any atom is 0.314 e. The highest BCUT2D eigenvalue weighted by atomic mass is 35.5. The van der Waals surface area contributed by atoms with Crippen molar-refractivity contribution in [3.63, 3.8) is 0 Å². The lowest BCUT2D eigenvalue weighted by Gasteiger charge is -2.47. The number of urea groups is 1. The summed E-state index contributed by atoms with van der Waals surface area (Å²) in [4.78, 5) is 12.9. The van der Waals surface area contributed by atoms with Crippen LogP contribution in [0.2, 0.25) is 5.02 Å². The maximum atomic E-state index is 11.2. The third-order valence-electron chi connectivity index (χ3n) is 4.89. The average molecular weight is 308 g/mol. The predicted molar refractivity (Wildman–Crippen MR) is 84.3 cm³/mol. The van der Waals surface area contributed by atoms with Crippen LogP contribution in [0.15, 0.2) is 24.3 Å². The van der Waals surface area contributed by atoms with Crippen LogP contribution in [0.5, 0.6) is 0 Å². The molecule has 2 amide bonds. The van der Waals surface area contributed by atoms with Crippen LogP contribution in [-0.4, -0.2) is 30.1 Å². The van der Waals surface area contributed by atoms with E-state index in [4.69, 9.17) is 17.3 Å². The van der Waals surface area contributed by atoms with Gasteiger partial charge in [-0.3, -0.25) is 0 Å². The fraction of sp³-hybridized carbons (Fsp3) is 0.562. The number of hydrogen-bond acceptors (Lipinski definition) is 2. The Labute approximate surface area is 130 Å². The Morgan fingerprint density at radius 1 is 1.24 bits per heavy atom. The van der Waals surface area contributed by atoms with Gasteiger partial charge in [0.25, 0.3) is 0 Å². The molecule has 1 aliphatic heterocycles. The van der Waals surface area contributed by atoms with Crippen LogP contribution in [0.25, 0.3) is 0 Å². The number of nitrogens with two attached hydrogens (primary N) is 1. The minimum atomic E-state index is -0.301. The first kappa shape index (κ1) is 14.7. The van der Waals surface area contributed by atoms with Gasteiger partial charge in [0.15, 0.2) is 0 Å². The molecule has 1 saturated carbocycles. The highest BCUT2D eigenvalue weighted by molar-refractivity contribution is 6.30. The van der Waals surface area contributed by atoms with Crippen molar-refractivity contribution in [1.82, 2.24) is 10.2 Å². The quantitative estimate of drug-likeness (QED) is 0.902. The van der Waals surface area contributed by atoms with Gasteiger partial charge < -0.3 is 16.0 Å². The van der Waals surface area contributed by atoms with Gasteiger partial charge in [-0.1, -0.05) is 23.7 Å². The van der Waals surface area contributed by atoms with Crippen LogP contribution in [0, 0.1) is 0 Å². The van der Waals surface area contributed by atoms with E-state index in [1.165, 1.54) is 24.8 Å². The lowest BCUT2D eigenvalue weighted by atomic mass is 9.71. The Kier molecular flexibility index (Phi) is 4.09. The van der Waals surface area contributed by atoms with E-state index in [9.17, 15) is 4.79 Å². The molecule has 0 aromatic heterocycles. The molecule has 0 radical (unpaired) electrons. The molecule has 3 rings (SSSR count). The second-order valence-electron chi connectivity index (χ2n) is 6.19. The van der Waals surface area contributed by atoms with Crippen LogP contribution in [-0.2, 0) is 5.54 Å². The molecule has 1 aromatic rings. The molecule has 0 atom stereocenters. The van der Waals surface area contributed by atoms with Crippen LogP contribution in [0.4, 0.5) is 4.79 Å². The van der Waals surface area contributed by atoms with Crippen molar-refractivity contribution in [2.45, 2.75) is 43.7 Å². The molecule has 1 saturated heterocycles. The number of nitrogens with zero attached hydrogens (tertiary/aromatic N) is 1. The summed E-state index contributed by atoms with van der Waals surface area (Å²) in [7, 11) is 0. The van der Waals surface area contributed by atoms with Gasteiger partial charge in [-0.15, -0.1) is 0 Å². The lowest BCUT2D eigenvalue weighted by molar-refractivity contribution is 0.128. The lowest BCUT2D eigenvalue weighted by Crippen LogP contribution is -2.56. The van der Waals surface area contributed by atoms with Crippen LogP contribution in [0.1, 0.15) is 37.7 Å². The third-order valence-corrected chi connectivity index (χ3v) is 5.14. The number of nitrogens with one attached hydrogen (secondary N) is 1. The zero-order valence-electron chi connectivity index (χ0n) is 12.1. The molecule has 1 aliphatic carbocycles. The van der Waals surface area contributed by atoms with Crippen molar-refractivity contribution in [2.75, 3.05) is 13.1 Å². The first-order valence-corrected chi connectivity index (χ1v) is 8.05. The molecule has 1 heterocycles. The van der Waals surface area contributed by atoms with Gasteiger partial charge >= 0.3 is 6.03 Å². The molecule has 5 heteroatoms. The summed E-state index contributed by atoms with van der Waals surface area (Å²) < 4.78 is 0. The Morgan fingerprint density at radius 2 is 1.86 bits per heavy atom. The number of rotatable bonds is 3. The van der Waals surface area contributed by atoms with Crippen molar-refractivity contribution in [2.24, 2.45) is 5.73 Å². The first-order valence-electron chi connectivity index (χ1n) is 7.67. The summed E-state index contributed by atoms with van der Waals surface area (Å²) >= 11 is 5.99. The summed E-state index contributed by atoms with van der Waals surface area (Å²) in [6.07, 6.45) is 5.54. The SMILES string of the molecule is NC(=O)N1CCC(NC2(c3ccc(Cl)cc3)CCC2)CC1. The van der Waals surface area contributed by atoms with E-state index in [-0.39, 0.29) is 11.6 Å². The molecule has 114 valence electrons. The number of piperidine rings is 1. The number of carbonyl (C=O) groups excluding carboxylic acids is 1. The number of halogens is 1. The zero-order valence-corrected chi connectivity index (χ0v) is 12.9.